The van der Waals surface area contributed by atoms with Crippen molar-refractivity contribution in [3.05, 3.63) is 53.9 Å². The number of aryl methyl sites for hydroxylation is 1. The first-order chi connectivity index (χ1) is 13.3. The number of hydrogen-bond donors (Lipinski definition) is 3. The second-order valence-corrected chi connectivity index (χ2v) is 6.91. The number of carbonyl (C=O) groups is 3. The van der Waals surface area contributed by atoms with Gasteiger partial charge in [-0.1, -0.05) is 6.07 Å². The van der Waals surface area contributed by atoms with Gasteiger partial charge in [-0.3, -0.25) is 19.4 Å². The molecule has 2 amide bonds. The SMILES string of the molecule is Cc1ccc(NC(=O)[C@@H]2C[C@H](C(=O)O)CN(C(=O)c3cccc(O)c3)C2)cn1. The molecule has 2 aromatic rings. The summed E-state index contributed by atoms with van der Waals surface area (Å²) in [5.74, 6) is -3.40. The third-order valence-electron chi connectivity index (χ3n) is 4.73. The third kappa shape index (κ3) is 4.46. The van der Waals surface area contributed by atoms with Gasteiger partial charge in [0.25, 0.3) is 5.91 Å². The minimum Gasteiger partial charge on any atom is -0.508 e. The Morgan fingerprint density at radius 2 is 1.89 bits per heavy atom. The molecule has 3 rings (SSSR count). The number of rotatable bonds is 4. The van der Waals surface area contributed by atoms with Gasteiger partial charge in [-0.05, 0) is 43.7 Å². The predicted molar refractivity (Wildman–Crippen MR) is 101 cm³/mol. The summed E-state index contributed by atoms with van der Waals surface area (Å²) in [6.07, 6.45) is 1.67. The fourth-order valence-corrected chi connectivity index (χ4v) is 3.24. The van der Waals surface area contributed by atoms with Crippen LogP contribution in [0.3, 0.4) is 0 Å². The second kappa shape index (κ2) is 8.08. The molecule has 0 bridgehead atoms. The summed E-state index contributed by atoms with van der Waals surface area (Å²) in [6.45, 7) is 1.94. The smallest absolute Gasteiger partial charge is 0.308 e. The Morgan fingerprint density at radius 1 is 1.14 bits per heavy atom. The van der Waals surface area contributed by atoms with Crippen LogP contribution in [0.5, 0.6) is 5.75 Å². The van der Waals surface area contributed by atoms with E-state index in [1.807, 2.05) is 6.92 Å². The monoisotopic (exact) mass is 383 g/mol. The van der Waals surface area contributed by atoms with Crippen molar-refractivity contribution in [2.45, 2.75) is 13.3 Å². The Morgan fingerprint density at radius 3 is 2.54 bits per heavy atom. The molecular weight excluding hydrogens is 362 g/mol. The molecule has 1 fully saturated rings. The highest BCUT2D eigenvalue weighted by atomic mass is 16.4. The summed E-state index contributed by atoms with van der Waals surface area (Å²) in [5.41, 5.74) is 1.57. The largest absolute Gasteiger partial charge is 0.508 e. The van der Waals surface area contributed by atoms with Crippen LogP contribution in [0.4, 0.5) is 5.69 Å². The van der Waals surface area contributed by atoms with Gasteiger partial charge in [0.1, 0.15) is 5.75 Å². The zero-order valence-corrected chi connectivity index (χ0v) is 15.3. The summed E-state index contributed by atoms with van der Waals surface area (Å²) in [4.78, 5) is 42.5. The molecule has 0 spiro atoms. The van der Waals surface area contributed by atoms with E-state index in [1.54, 1.807) is 18.2 Å². The lowest BCUT2D eigenvalue weighted by molar-refractivity contribution is -0.144. The van der Waals surface area contributed by atoms with Crippen LogP contribution in [0.1, 0.15) is 22.5 Å². The molecule has 1 saturated heterocycles. The van der Waals surface area contributed by atoms with Crippen molar-refractivity contribution < 1.29 is 24.6 Å². The minimum atomic E-state index is -1.05. The number of likely N-dealkylation sites (tertiary alicyclic amines) is 1. The maximum atomic E-state index is 12.8. The molecule has 1 aromatic heterocycles. The van der Waals surface area contributed by atoms with E-state index in [4.69, 9.17) is 0 Å². The van der Waals surface area contributed by atoms with E-state index in [9.17, 15) is 24.6 Å². The molecule has 1 aliphatic rings. The van der Waals surface area contributed by atoms with Crippen molar-refractivity contribution in [2.24, 2.45) is 11.8 Å². The summed E-state index contributed by atoms with van der Waals surface area (Å²) in [7, 11) is 0. The van der Waals surface area contributed by atoms with Crippen LogP contribution in [0.15, 0.2) is 42.6 Å². The molecule has 8 nitrogen and oxygen atoms in total. The summed E-state index contributed by atoms with van der Waals surface area (Å²) >= 11 is 0. The Hall–Kier alpha value is -3.42. The van der Waals surface area contributed by atoms with Crippen molar-refractivity contribution in [1.82, 2.24) is 9.88 Å². The van der Waals surface area contributed by atoms with Crippen LogP contribution in [-0.4, -0.2) is 51.0 Å². The van der Waals surface area contributed by atoms with Gasteiger partial charge >= 0.3 is 5.97 Å². The standard InChI is InChI=1S/C20H21N3O5/c1-12-5-6-16(9-21-12)22-18(25)14-7-15(20(27)28)11-23(10-14)19(26)13-3-2-4-17(24)8-13/h2-6,8-9,14-15,24H,7,10-11H2,1H3,(H,22,25)(H,27,28)/t14-,15+/m1/s1. The number of aromatic nitrogens is 1. The van der Waals surface area contributed by atoms with E-state index < -0.39 is 23.7 Å². The van der Waals surface area contributed by atoms with E-state index in [2.05, 4.69) is 10.3 Å². The van der Waals surface area contributed by atoms with Crippen LogP contribution in [0.25, 0.3) is 0 Å². The highest BCUT2D eigenvalue weighted by molar-refractivity contribution is 5.97. The number of nitrogens with zero attached hydrogens (tertiary/aromatic N) is 2. The molecule has 28 heavy (non-hydrogen) atoms. The number of aromatic hydroxyl groups is 1. The first-order valence-corrected chi connectivity index (χ1v) is 8.88. The van der Waals surface area contributed by atoms with Crippen LogP contribution < -0.4 is 5.32 Å². The van der Waals surface area contributed by atoms with Gasteiger partial charge in [-0.25, -0.2) is 0 Å². The van der Waals surface area contributed by atoms with E-state index in [-0.39, 0.29) is 36.7 Å². The first kappa shape index (κ1) is 19.3. The molecule has 2 heterocycles. The molecule has 0 saturated carbocycles. The van der Waals surface area contributed by atoms with Gasteiger partial charge in [-0.15, -0.1) is 0 Å². The summed E-state index contributed by atoms with van der Waals surface area (Å²) < 4.78 is 0. The molecule has 0 aliphatic carbocycles. The molecule has 1 aromatic carbocycles. The number of phenols is 1. The summed E-state index contributed by atoms with van der Waals surface area (Å²) in [6, 6.07) is 9.32. The van der Waals surface area contributed by atoms with Crippen molar-refractivity contribution in [2.75, 3.05) is 18.4 Å². The Kier molecular flexibility index (Phi) is 5.58. The zero-order valence-electron chi connectivity index (χ0n) is 15.3. The van der Waals surface area contributed by atoms with Gasteiger partial charge in [0, 0.05) is 24.3 Å². The molecule has 146 valence electrons. The Balaban J connectivity index is 1.77. The number of amides is 2. The topological polar surface area (TPSA) is 120 Å². The molecule has 0 unspecified atom stereocenters. The average Bonchev–Trinajstić information content (AvgIpc) is 2.68. The molecule has 0 radical (unpaired) electrons. The molecule has 1 aliphatic heterocycles. The van der Waals surface area contributed by atoms with E-state index in [1.165, 1.54) is 29.3 Å². The fraction of sp³-hybridized carbons (Fsp3) is 0.300. The van der Waals surface area contributed by atoms with E-state index in [0.29, 0.717) is 5.69 Å². The van der Waals surface area contributed by atoms with E-state index in [0.717, 1.165) is 5.69 Å². The fourth-order valence-electron chi connectivity index (χ4n) is 3.24. The number of carbonyl (C=O) groups excluding carboxylic acids is 2. The van der Waals surface area contributed by atoms with Crippen molar-refractivity contribution in [1.29, 1.82) is 0 Å². The number of pyridine rings is 1. The van der Waals surface area contributed by atoms with Crippen molar-refractivity contribution >= 4 is 23.5 Å². The lowest BCUT2D eigenvalue weighted by Crippen LogP contribution is -2.49. The third-order valence-corrected chi connectivity index (χ3v) is 4.73. The molecule has 2 atom stereocenters. The normalized spacial score (nSPS) is 19.1. The average molecular weight is 383 g/mol. The maximum absolute atomic E-state index is 12.8. The van der Waals surface area contributed by atoms with Crippen molar-refractivity contribution in [3.8, 4) is 5.75 Å². The van der Waals surface area contributed by atoms with Gasteiger partial charge < -0.3 is 20.4 Å². The highest BCUT2D eigenvalue weighted by Gasteiger charge is 2.37. The number of hydrogen-bond acceptors (Lipinski definition) is 5. The van der Waals surface area contributed by atoms with Gasteiger partial charge in [0.05, 0.1) is 23.7 Å². The number of nitrogens with one attached hydrogen (secondary N) is 1. The van der Waals surface area contributed by atoms with Gasteiger partial charge in [0.2, 0.25) is 5.91 Å². The molecular formula is C20H21N3O5. The number of carboxylic acids is 1. The summed E-state index contributed by atoms with van der Waals surface area (Å²) in [5, 5.41) is 21.8. The number of benzene rings is 1. The van der Waals surface area contributed by atoms with E-state index >= 15 is 0 Å². The zero-order chi connectivity index (χ0) is 20.3. The first-order valence-electron chi connectivity index (χ1n) is 8.88. The number of phenolic OH excluding ortho intramolecular Hbond substituents is 1. The Bertz CT molecular complexity index is 897. The molecule has 8 heteroatoms. The van der Waals surface area contributed by atoms with Crippen LogP contribution >= 0.6 is 0 Å². The number of anilines is 1. The predicted octanol–water partition coefficient (Wildman–Crippen LogP) is 1.90. The van der Waals surface area contributed by atoms with Gasteiger partial charge in [-0.2, -0.15) is 0 Å². The molecule has 3 N–H and O–H groups in total. The lowest BCUT2D eigenvalue weighted by atomic mass is 9.88. The Labute approximate surface area is 161 Å². The van der Waals surface area contributed by atoms with Crippen molar-refractivity contribution in [3.63, 3.8) is 0 Å². The highest BCUT2D eigenvalue weighted by Crippen LogP contribution is 2.26. The van der Waals surface area contributed by atoms with Crippen LogP contribution in [-0.2, 0) is 9.59 Å². The van der Waals surface area contributed by atoms with Crippen LogP contribution in [0, 0.1) is 18.8 Å². The number of aliphatic carboxylic acids is 1. The quantitative estimate of drug-likeness (QED) is 0.742. The maximum Gasteiger partial charge on any atom is 0.308 e. The van der Waals surface area contributed by atoms with Gasteiger partial charge in [0.15, 0.2) is 0 Å². The second-order valence-electron chi connectivity index (χ2n) is 6.91. The lowest BCUT2D eigenvalue weighted by Gasteiger charge is -2.35. The number of piperidine rings is 1. The van der Waals surface area contributed by atoms with Crippen LogP contribution in [0.2, 0.25) is 0 Å². The number of carboxylic acid groups (broad SMARTS) is 1. The minimum absolute atomic E-state index is 0.0136.